The Kier molecular flexibility index (Phi) is 10.5. The van der Waals surface area contributed by atoms with Crippen molar-refractivity contribution in [2.75, 3.05) is 25.9 Å². The van der Waals surface area contributed by atoms with Gasteiger partial charge in [-0.1, -0.05) is 11.6 Å². The Labute approximate surface area is 222 Å². The summed E-state index contributed by atoms with van der Waals surface area (Å²) in [6.45, 7) is 9.21. The van der Waals surface area contributed by atoms with E-state index >= 15 is 0 Å². The van der Waals surface area contributed by atoms with Gasteiger partial charge in [0.05, 0.1) is 23.5 Å². The molecule has 0 spiro atoms. The van der Waals surface area contributed by atoms with Gasteiger partial charge in [-0.2, -0.15) is 4.98 Å². The number of rotatable bonds is 10. The fourth-order valence-electron chi connectivity index (χ4n) is 2.94. The second kappa shape index (κ2) is 12.5. The summed E-state index contributed by atoms with van der Waals surface area (Å²) in [6.07, 6.45) is 5.78. The van der Waals surface area contributed by atoms with Crippen LogP contribution in [0.5, 0.6) is 0 Å². The Bertz CT molecular complexity index is 1050. The van der Waals surface area contributed by atoms with E-state index in [9.17, 15) is 14.4 Å². The number of nitrogens with zero attached hydrogens (tertiary/aromatic N) is 2. The van der Waals surface area contributed by atoms with Gasteiger partial charge >= 0.3 is 26.2 Å². The van der Waals surface area contributed by atoms with Crippen molar-refractivity contribution in [2.24, 2.45) is 10.8 Å². The van der Waals surface area contributed by atoms with Gasteiger partial charge in [-0.15, -0.1) is 6.42 Å². The topological polar surface area (TPSA) is 150 Å². The first-order chi connectivity index (χ1) is 17.1. The van der Waals surface area contributed by atoms with Gasteiger partial charge in [0.1, 0.15) is 11.0 Å². The highest BCUT2D eigenvalue weighted by atomic mass is 35.5. The first kappa shape index (κ1) is 31.0. The SMILES string of the molecule is C#CC1(n2c(Cl)cc(N)nc2=O)CCC(COP(OCOC(=O)C(C)(C)C)OCOC(=O)C(C)(C)C)O1. The standard InChI is InChI=1S/C23H33ClN3O9P/c1-8-23(27-16(24)11-17(25)26-20(27)30)10-9-15(36-23)12-33-37(34-13-31-18(28)21(2,3)4)35-14-32-19(29)22(5,6)7/h1,11,15H,9-10,12-14H2,2-7H3,(H2,25,26,30). The molecule has 37 heavy (non-hydrogen) atoms. The van der Waals surface area contributed by atoms with Crippen molar-refractivity contribution in [2.45, 2.75) is 66.2 Å². The van der Waals surface area contributed by atoms with E-state index < -0.39 is 62.5 Å². The van der Waals surface area contributed by atoms with Crippen LogP contribution in [0.25, 0.3) is 0 Å². The predicted molar refractivity (Wildman–Crippen MR) is 135 cm³/mol. The van der Waals surface area contributed by atoms with E-state index in [4.69, 9.17) is 51.5 Å². The Hall–Kier alpha value is -2.26. The van der Waals surface area contributed by atoms with Crippen molar-refractivity contribution < 1.29 is 37.4 Å². The number of esters is 2. The number of hydrogen-bond donors (Lipinski definition) is 1. The second-order valence-electron chi connectivity index (χ2n) is 10.2. The van der Waals surface area contributed by atoms with Crippen LogP contribution in [0.1, 0.15) is 54.4 Å². The molecule has 1 aromatic heterocycles. The molecule has 0 aliphatic carbocycles. The van der Waals surface area contributed by atoms with Gasteiger partial charge in [0.15, 0.2) is 0 Å². The highest BCUT2D eigenvalue weighted by molar-refractivity contribution is 7.41. The van der Waals surface area contributed by atoms with Crippen molar-refractivity contribution >= 4 is 38.0 Å². The second-order valence-corrected chi connectivity index (χ2v) is 11.8. The zero-order chi connectivity index (χ0) is 28.0. The third-order valence-corrected chi connectivity index (χ3v) is 6.21. The van der Waals surface area contributed by atoms with Gasteiger partial charge in [-0.05, 0) is 53.9 Å². The lowest BCUT2D eigenvalue weighted by molar-refractivity contribution is -0.162. The number of aromatic nitrogens is 2. The number of nitrogen functional groups attached to an aromatic ring is 1. The summed E-state index contributed by atoms with van der Waals surface area (Å²) in [5, 5.41) is -0.0211. The monoisotopic (exact) mass is 561 g/mol. The van der Waals surface area contributed by atoms with Crippen LogP contribution in [-0.2, 0) is 43.1 Å². The Morgan fingerprint density at radius 2 is 1.73 bits per heavy atom. The molecule has 0 saturated carbocycles. The quantitative estimate of drug-likeness (QED) is 0.147. The van der Waals surface area contributed by atoms with Crippen molar-refractivity contribution in [1.82, 2.24) is 9.55 Å². The largest absolute Gasteiger partial charge is 0.438 e. The molecule has 1 aliphatic heterocycles. The summed E-state index contributed by atoms with van der Waals surface area (Å²) < 4.78 is 33.8. The van der Waals surface area contributed by atoms with Crippen molar-refractivity contribution in [1.29, 1.82) is 0 Å². The van der Waals surface area contributed by atoms with E-state index in [1.165, 1.54) is 6.07 Å². The number of ether oxygens (including phenoxy) is 3. The van der Waals surface area contributed by atoms with Crippen LogP contribution in [0.15, 0.2) is 10.9 Å². The number of hydrogen-bond acceptors (Lipinski definition) is 11. The number of carbonyl (C=O) groups is 2. The number of halogens is 1. The summed E-state index contributed by atoms with van der Waals surface area (Å²) in [7, 11) is -2.13. The summed E-state index contributed by atoms with van der Waals surface area (Å²) in [5.74, 6) is 1.46. The van der Waals surface area contributed by atoms with Crippen LogP contribution in [0, 0.1) is 23.2 Å². The molecule has 2 rings (SSSR count). The lowest BCUT2D eigenvalue weighted by atomic mass is 9.98. The predicted octanol–water partition coefficient (Wildman–Crippen LogP) is 3.31. The van der Waals surface area contributed by atoms with Crippen LogP contribution < -0.4 is 11.4 Å². The number of nitrogens with two attached hydrogens (primary N) is 1. The average Bonchev–Trinajstić information content (AvgIpc) is 3.19. The minimum absolute atomic E-state index is 0.0211. The zero-order valence-corrected chi connectivity index (χ0v) is 23.4. The van der Waals surface area contributed by atoms with Crippen molar-refractivity contribution in [3.05, 3.63) is 21.7 Å². The minimum atomic E-state index is -2.13. The number of anilines is 1. The van der Waals surface area contributed by atoms with Crippen LogP contribution in [0.3, 0.4) is 0 Å². The molecule has 0 bridgehead atoms. The molecular weight excluding hydrogens is 529 g/mol. The van der Waals surface area contributed by atoms with Crippen molar-refractivity contribution in [3.8, 4) is 12.3 Å². The summed E-state index contributed by atoms with van der Waals surface area (Å²) in [6, 6.07) is 1.30. The third kappa shape index (κ3) is 8.64. The number of terminal acetylenes is 1. The Balaban J connectivity index is 2.03. The molecule has 2 atom stereocenters. The molecule has 0 radical (unpaired) electrons. The average molecular weight is 562 g/mol. The molecule has 2 unspecified atom stereocenters. The fraction of sp³-hybridized carbons (Fsp3) is 0.652. The molecule has 12 nitrogen and oxygen atoms in total. The molecule has 14 heteroatoms. The zero-order valence-electron chi connectivity index (χ0n) is 21.7. The lowest BCUT2D eigenvalue weighted by Gasteiger charge is -2.27. The van der Waals surface area contributed by atoms with E-state index in [1.54, 1.807) is 41.5 Å². The van der Waals surface area contributed by atoms with Gasteiger partial charge in [-0.3, -0.25) is 18.6 Å². The molecule has 1 aliphatic rings. The van der Waals surface area contributed by atoms with E-state index in [0.29, 0.717) is 6.42 Å². The maximum absolute atomic E-state index is 12.4. The van der Waals surface area contributed by atoms with Crippen LogP contribution >= 0.6 is 20.2 Å². The lowest BCUT2D eigenvalue weighted by Crippen LogP contribution is -2.42. The Morgan fingerprint density at radius 3 is 2.19 bits per heavy atom. The molecule has 2 N–H and O–H groups in total. The van der Waals surface area contributed by atoms with Crippen molar-refractivity contribution in [3.63, 3.8) is 0 Å². The van der Waals surface area contributed by atoms with Gasteiger partial charge in [0, 0.05) is 12.5 Å². The third-order valence-electron chi connectivity index (χ3n) is 4.94. The van der Waals surface area contributed by atoms with Gasteiger partial charge in [0.25, 0.3) is 0 Å². The molecule has 0 amide bonds. The van der Waals surface area contributed by atoms with E-state index in [1.807, 2.05) is 0 Å². The summed E-state index contributed by atoms with van der Waals surface area (Å²) in [5.41, 5.74) is 1.87. The van der Waals surface area contributed by atoms with E-state index in [2.05, 4.69) is 10.9 Å². The van der Waals surface area contributed by atoms with Gasteiger partial charge in [-0.25, -0.2) is 9.36 Å². The molecule has 206 valence electrons. The normalized spacial score (nSPS) is 20.0. The smallest absolute Gasteiger partial charge is 0.353 e. The molecule has 0 aromatic carbocycles. The van der Waals surface area contributed by atoms with E-state index in [-0.39, 0.29) is 24.0 Å². The first-order valence-corrected chi connectivity index (χ1v) is 12.8. The molecule has 1 saturated heterocycles. The summed E-state index contributed by atoms with van der Waals surface area (Å²) >= 11 is 6.20. The van der Waals surface area contributed by atoms with Crippen LogP contribution in [-0.4, -0.2) is 47.8 Å². The van der Waals surface area contributed by atoms with Crippen LogP contribution in [0.2, 0.25) is 5.15 Å². The molecule has 1 fully saturated rings. The van der Waals surface area contributed by atoms with Gasteiger partial charge < -0.3 is 24.5 Å². The maximum Gasteiger partial charge on any atom is 0.353 e. The van der Waals surface area contributed by atoms with Crippen LogP contribution in [0.4, 0.5) is 5.82 Å². The fourth-order valence-corrected chi connectivity index (χ4v) is 4.04. The molecule has 2 heterocycles. The maximum atomic E-state index is 12.4. The molecule has 1 aromatic rings. The Morgan fingerprint density at radius 1 is 1.19 bits per heavy atom. The minimum Gasteiger partial charge on any atom is -0.438 e. The highest BCUT2D eigenvalue weighted by Gasteiger charge is 2.43. The van der Waals surface area contributed by atoms with E-state index in [0.717, 1.165) is 4.57 Å². The molecular formula is C23H33ClN3O9P. The highest BCUT2D eigenvalue weighted by Crippen LogP contribution is 2.42. The number of carbonyl (C=O) groups excluding carboxylic acids is 2. The van der Waals surface area contributed by atoms with Gasteiger partial charge in [0.2, 0.25) is 19.3 Å². The summed E-state index contributed by atoms with van der Waals surface area (Å²) in [4.78, 5) is 40.1. The first-order valence-electron chi connectivity index (χ1n) is 11.3.